The van der Waals surface area contributed by atoms with Crippen LogP contribution in [0.15, 0.2) is 176 Å². The average molecular weight is 592 g/mol. The lowest BCUT2D eigenvalue weighted by molar-refractivity contribution is 0.360. The van der Waals surface area contributed by atoms with Gasteiger partial charge in [-0.1, -0.05) is 121 Å². The van der Waals surface area contributed by atoms with Crippen molar-refractivity contribution < 1.29 is 9.47 Å². The van der Waals surface area contributed by atoms with Crippen LogP contribution in [0.2, 0.25) is 0 Å². The molecule has 7 aromatic rings. The average Bonchev–Trinajstić information content (AvgIpc) is 3.42. The second-order valence-corrected chi connectivity index (χ2v) is 11.7. The summed E-state index contributed by atoms with van der Waals surface area (Å²) in [5.41, 5.74) is 10.2. The number of ether oxygens (including phenoxy) is 2. The summed E-state index contributed by atoms with van der Waals surface area (Å²) in [4.78, 5) is 2.30. The molecule has 9 rings (SSSR count). The Hall–Kier alpha value is -6.06. The molecule has 3 nitrogen and oxygen atoms in total. The SMILES string of the molecule is c1ccc(N(c2ccc3c(c2)Oc2ccccc2O3)c2ccc3c(c2)C(c2ccccc2)(c2ccccc2)c2ccccc2-3)cc1. The number of anilines is 3. The maximum atomic E-state index is 6.35. The van der Waals surface area contributed by atoms with Gasteiger partial charge < -0.3 is 14.4 Å². The highest BCUT2D eigenvalue weighted by atomic mass is 16.6. The second kappa shape index (κ2) is 10.5. The van der Waals surface area contributed by atoms with Crippen LogP contribution < -0.4 is 14.4 Å². The summed E-state index contributed by atoms with van der Waals surface area (Å²) in [6.45, 7) is 0. The molecule has 1 aliphatic heterocycles. The molecule has 1 heterocycles. The van der Waals surface area contributed by atoms with Gasteiger partial charge in [-0.15, -0.1) is 0 Å². The van der Waals surface area contributed by atoms with E-state index < -0.39 is 5.41 Å². The van der Waals surface area contributed by atoms with Gasteiger partial charge in [0.1, 0.15) is 0 Å². The lowest BCUT2D eigenvalue weighted by atomic mass is 9.67. The number of hydrogen-bond acceptors (Lipinski definition) is 3. The molecule has 7 aromatic carbocycles. The van der Waals surface area contributed by atoms with Crippen molar-refractivity contribution in [1.82, 2.24) is 0 Å². The van der Waals surface area contributed by atoms with E-state index in [0.717, 1.165) is 22.8 Å². The van der Waals surface area contributed by atoms with E-state index in [4.69, 9.17) is 9.47 Å². The van der Waals surface area contributed by atoms with Gasteiger partial charge in [-0.2, -0.15) is 0 Å². The number of benzene rings is 7. The van der Waals surface area contributed by atoms with Gasteiger partial charge in [-0.3, -0.25) is 0 Å². The predicted molar refractivity (Wildman–Crippen MR) is 185 cm³/mol. The predicted octanol–water partition coefficient (Wildman–Crippen LogP) is 11.4. The first-order valence-corrected chi connectivity index (χ1v) is 15.6. The summed E-state index contributed by atoms with van der Waals surface area (Å²) >= 11 is 0. The lowest BCUT2D eigenvalue weighted by Crippen LogP contribution is -2.28. The Bertz CT molecular complexity index is 2170. The van der Waals surface area contributed by atoms with E-state index in [2.05, 4.69) is 150 Å². The van der Waals surface area contributed by atoms with Crippen LogP contribution in [-0.2, 0) is 5.41 Å². The van der Waals surface area contributed by atoms with Crippen LogP contribution in [0.1, 0.15) is 22.3 Å². The minimum Gasteiger partial charge on any atom is -0.450 e. The topological polar surface area (TPSA) is 21.7 Å². The van der Waals surface area contributed by atoms with Crippen molar-refractivity contribution in [3.05, 3.63) is 198 Å². The van der Waals surface area contributed by atoms with Crippen LogP contribution in [0.25, 0.3) is 11.1 Å². The van der Waals surface area contributed by atoms with Crippen molar-refractivity contribution in [3.8, 4) is 34.1 Å². The second-order valence-electron chi connectivity index (χ2n) is 11.7. The fourth-order valence-corrected chi connectivity index (χ4v) is 7.25. The minimum absolute atomic E-state index is 0.483. The van der Waals surface area contributed by atoms with Crippen LogP contribution in [0.5, 0.6) is 23.0 Å². The molecule has 0 unspecified atom stereocenters. The van der Waals surface area contributed by atoms with Gasteiger partial charge in [0.2, 0.25) is 0 Å². The molecular formula is C43H29NO2. The third kappa shape index (κ3) is 3.99. The quantitative estimate of drug-likeness (QED) is 0.199. The molecule has 218 valence electrons. The minimum atomic E-state index is -0.483. The Morgan fingerprint density at radius 2 is 0.848 bits per heavy atom. The van der Waals surface area contributed by atoms with Gasteiger partial charge >= 0.3 is 0 Å². The maximum absolute atomic E-state index is 6.35. The molecule has 0 saturated carbocycles. The molecular weight excluding hydrogens is 562 g/mol. The van der Waals surface area contributed by atoms with Gasteiger partial charge in [-0.05, 0) is 81.9 Å². The monoisotopic (exact) mass is 591 g/mol. The van der Waals surface area contributed by atoms with Crippen molar-refractivity contribution in [2.75, 3.05) is 4.90 Å². The highest BCUT2D eigenvalue weighted by Gasteiger charge is 2.46. The van der Waals surface area contributed by atoms with E-state index in [1.807, 2.05) is 30.3 Å². The molecule has 0 bridgehead atoms. The van der Waals surface area contributed by atoms with Crippen molar-refractivity contribution in [1.29, 1.82) is 0 Å². The first-order valence-electron chi connectivity index (χ1n) is 15.6. The largest absolute Gasteiger partial charge is 0.450 e. The molecule has 0 N–H and O–H groups in total. The molecule has 0 amide bonds. The zero-order valence-corrected chi connectivity index (χ0v) is 25.0. The Morgan fingerprint density at radius 1 is 0.348 bits per heavy atom. The molecule has 46 heavy (non-hydrogen) atoms. The van der Waals surface area contributed by atoms with Gasteiger partial charge in [-0.25, -0.2) is 0 Å². The fourth-order valence-electron chi connectivity index (χ4n) is 7.25. The maximum Gasteiger partial charge on any atom is 0.172 e. The standard InChI is InChI=1S/C43H29NO2/c1-4-14-30(15-5-1)43(31-16-6-2-7-17-31)37-21-11-10-20-35(37)36-26-24-33(28-38(36)43)44(32-18-8-3-9-19-32)34-25-27-41-42(29-34)46-40-23-13-12-22-39(40)45-41/h1-29H. The van der Waals surface area contributed by atoms with E-state index in [0.29, 0.717) is 17.2 Å². The lowest BCUT2D eigenvalue weighted by Gasteiger charge is -2.35. The Kier molecular flexibility index (Phi) is 6.04. The van der Waals surface area contributed by atoms with Crippen molar-refractivity contribution in [2.45, 2.75) is 5.41 Å². The number of para-hydroxylation sites is 3. The summed E-state index contributed by atoms with van der Waals surface area (Å²) in [7, 11) is 0. The summed E-state index contributed by atoms with van der Waals surface area (Å²) in [5.74, 6) is 2.82. The smallest absolute Gasteiger partial charge is 0.172 e. The van der Waals surface area contributed by atoms with Gasteiger partial charge in [0, 0.05) is 17.4 Å². The van der Waals surface area contributed by atoms with Gasteiger partial charge in [0.05, 0.1) is 11.1 Å². The highest BCUT2D eigenvalue weighted by molar-refractivity contribution is 5.89. The zero-order chi connectivity index (χ0) is 30.5. The molecule has 0 atom stereocenters. The first kappa shape index (κ1) is 26.4. The Balaban J connectivity index is 1.27. The van der Waals surface area contributed by atoms with Crippen molar-refractivity contribution in [3.63, 3.8) is 0 Å². The van der Waals surface area contributed by atoms with Crippen LogP contribution in [-0.4, -0.2) is 0 Å². The molecule has 1 aliphatic carbocycles. The third-order valence-corrected chi connectivity index (χ3v) is 9.19. The van der Waals surface area contributed by atoms with Crippen LogP contribution in [0.3, 0.4) is 0 Å². The third-order valence-electron chi connectivity index (χ3n) is 9.19. The number of hydrogen-bond donors (Lipinski definition) is 0. The molecule has 3 heteroatoms. The number of fused-ring (bicyclic) bond motifs is 5. The van der Waals surface area contributed by atoms with E-state index in [1.165, 1.54) is 33.4 Å². The van der Waals surface area contributed by atoms with E-state index in [-0.39, 0.29) is 0 Å². The normalized spacial score (nSPS) is 13.3. The molecule has 0 fully saturated rings. The summed E-state index contributed by atoms with van der Waals surface area (Å²) in [5, 5.41) is 0. The van der Waals surface area contributed by atoms with Crippen LogP contribution in [0, 0.1) is 0 Å². The molecule has 2 aliphatic rings. The van der Waals surface area contributed by atoms with E-state index >= 15 is 0 Å². The summed E-state index contributed by atoms with van der Waals surface area (Å²) in [6.07, 6.45) is 0. The molecule has 0 spiro atoms. The van der Waals surface area contributed by atoms with Crippen LogP contribution >= 0.6 is 0 Å². The fraction of sp³-hybridized carbons (Fsp3) is 0.0233. The molecule has 0 aromatic heterocycles. The zero-order valence-electron chi connectivity index (χ0n) is 25.0. The summed E-state index contributed by atoms with van der Waals surface area (Å²) < 4.78 is 12.6. The number of rotatable bonds is 5. The number of nitrogens with zero attached hydrogens (tertiary/aromatic N) is 1. The summed E-state index contributed by atoms with van der Waals surface area (Å²) in [6, 6.07) is 62.1. The highest BCUT2D eigenvalue weighted by Crippen LogP contribution is 2.57. The Labute approximate surface area is 268 Å². The molecule has 0 saturated heterocycles. The first-order chi connectivity index (χ1) is 22.8. The van der Waals surface area contributed by atoms with Crippen molar-refractivity contribution in [2.24, 2.45) is 0 Å². The van der Waals surface area contributed by atoms with Crippen molar-refractivity contribution >= 4 is 17.1 Å². The molecule has 0 radical (unpaired) electrons. The van der Waals surface area contributed by atoms with E-state index in [1.54, 1.807) is 0 Å². The van der Waals surface area contributed by atoms with E-state index in [9.17, 15) is 0 Å². The van der Waals surface area contributed by atoms with Crippen LogP contribution in [0.4, 0.5) is 17.1 Å². The Morgan fingerprint density at radius 3 is 1.54 bits per heavy atom. The van der Waals surface area contributed by atoms with Gasteiger partial charge in [0.25, 0.3) is 0 Å². The van der Waals surface area contributed by atoms with Gasteiger partial charge in [0.15, 0.2) is 23.0 Å².